The van der Waals surface area contributed by atoms with Crippen molar-refractivity contribution in [2.45, 2.75) is 6.61 Å². The molecule has 5 heteroatoms. The third-order valence-corrected chi connectivity index (χ3v) is 2.54. The number of benzene rings is 1. The highest BCUT2D eigenvalue weighted by Crippen LogP contribution is 2.20. The van der Waals surface area contributed by atoms with Crippen LogP contribution in [-0.2, 0) is 6.61 Å². The zero-order chi connectivity index (χ0) is 12.4. The lowest BCUT2D eigenvalue weighted by atomic mass is 10.2. The highest BCUT2D eigenvalue weighted by molar-refractivity contribution is 5.79. The Bertz CT molecular complexity index is 679. The van der Waals surface area contributed by atoms with E-state index in [1.54, 1.807) is 12.3 Å². The minimum absolute atomic E-state index is 0.288. The van der Waals surface area contributed by atoms with Crippen LogP contribution in [0.1, 0.15) is 5.69 Å². The second-order valence-electron chi connectivity index (χ2n) is 3.87. The SMILES string of the molecule is Nc1cc(COc2ccc3ncccc3c2)no1. The first-order chi connectivity index (χ1) is 8.81. The van der Waals surface area contributed by atoms with Crippen molar-refractivity contribution >= 4 is 16.8 Å². The smallest absolute Gasteiger partial charge is 0.222 e. The van der Waals surface area contributed by atoms with Crippen molar-refractivity contribution in [1.82, 2.24) is 10.1 Å². The first kappa shape index (κ1) is 10.6. The molecule has 0 spiro atoms. The molecule has 90 valence electrons. The Morgan fingerprint density at radius 2 is 2.17 bits per heavy atom. The number of fused-ring (bicyclic) bond motifs is 1. The standard InChI is InChI=1S/C13H11N3O2/c14-13-7-10(16-18-13)8-17-11-3-4-12-9(6-11)2-1-5-15-12/h1-7H,8,14H2. The largest absolute Gasteiger partial charge is 0.487 e. The first-order valence-electron chi connectivity index (χ1n) is 5.50. The summed E-state index contributed by atoms with van der Waals surface area (Å²) >= 11 is 0. The van der Waals surface area contributed by atoms with Crippen LogP contribution >= 0.6 is 0 Å². The molecule has 0 saturated carbocycles. The predicted molar refractivity (Wildman–Crippen MR) is 67.0 cm³/mol. The van der Waals surface area contributed by atoms with Gasteiger partial charge in [-0.25, -0.2) is 0 Å². The second kappa shape index (κ2) is 4.37. The van der Waals surface area contributed by atoms with Gasteiger partial charge in [-0.05, 0) is 24.3 Å². The van der Waals surface area contributed by atoms with Gasteiger partial charge in [0.15, 0.2) is 0 Å². The molecular formula is C13H11N3O2. The van der Waals surface area contributed by atoms with Crippen LogP contribution < -0.4 is 10.5 Å². The molecule has 3 aromatic rings. The topological polar surface area (TPSA) is 74.2 Å². The lowest BCUT2D eigenvalue weighted by molar-refractivity contribution is 0.290. The number of hydrogen-bond acceptors (Lipinski definition) is 5. The van der Waals surface area contributed by atoms with Crippen molar-refractivity contribution in [1.29, 1.82) is 0 Å². The molecule has 0 atom stereocenters. The summed E-state index contributed by atoms with van der Waals surface area (Å²) in [6.45, 7) is 0.326. The van der Waals surface area contributed by atoms with E-state index >= 15 is 0 Å². The van der Waals surface area contributed by atoms with Crippen molar-refractivity contribution < 1.29 is 9.26 Å². The maximum absolute atomic E-state index is 5.61. The number of ether oxygens (including phenoxy) is 1. The van der Waals surface area contributed by atoms with Crippen LogP contribution in [0.4, 0.5) is 5.88 Å². The number of nitrogen functional groups attached to an aromatic ring is 1. The number of nitrogens with two attached hydrogens (primary N) is 1. The Hall–Kier alpha value is -2.56. The lowest BCUT2D eigenvalue weighted by Gasteiger charge is -2.04. The first-order valence-corrected chi connectivity index (χ1v) is 5.50. The van der Waals surface area contributed by atoms with Gasteiger partial charge in [0, 0.05) is 17.6 Å². The Morgan fingerprint density at radius 3 is 3.00 bits per heavy atom. The molecule has 18 heavy (non-hydrogen) atoms. The molecule has 0 aliphatic heterocycles. The van der Waals surface area contributed by atoms with Crippen LogP contribution in [0.2, 0.25) is 0 Å². The summed E-state index contributed by atoms with van der Waals surface area (Å²) in [4.78, 5) is 4.24. The van der Waals surface area contributed by atoms with E-state index in [2.05, 4.69) is 10.1 Å². The third-order valence-electron chi connectivity index (χ3n) is 2.54. The van der Waals surface area contributed by atoms with Gasteiger partial charge < -0.3 is 15.0 Å². The van der Waals surface area contributed by atoms with Crippen molar-refractivity contribution in [2.75, 3.05) is 5.73 Å². The maximum atomic E-state index is 5.61. The Kier molecular flexibility index (Phi) is 2.57. The van der Waals surface area contributed by atoms with Gasteiger partial charge >= 0.3 is 0 Å². The molecule has 0 saturated heterocycles. The lowest BCUT2D eigenvalue weighted by Crippen LogP contribution is -1.95. The number of anilines is 1. The highest BCUT2D eigenvalue weighted by Gasteiger charge is 2.02. The number of rotatable bonds is 3. The van der Waals surface area contributed by atoms with Gasteiger partial charge in [-0.2, -0.15) is 0 Å². The van der Waals surface area contributed by atoms with Crippen molar-refractivity contribution in [2.24, 2.45) is 0 Å². The van der Waals surface area contributed by atoms with Crippen LogP contribution in [0.25, 0.3) is 10.9 Å². The molecular weight excluding hydrogens is 230 g/mol. The molecule has 2 heterocycles. The van der Waals surface area contributed by atoms with Crippen LogP contribution in [-0.4, -0.2) is 10.1 Å². The Morgan fingerprint density at radius 1 is 1.22 bits per heavy atom. The van der Waals surface area contributed by atoms with Gasteiger partial charge in [-0.3, -0.25) is 4.98 Å². The summed E-state index contributed by atoms with van der Waals surface area (Å²) in [7, 11) is 0. The Balaban J connectivity index is 1.78. The summed E-state index contributed by atoms with van der Waals surface area (Å²) in [5.74, 6) is 1.05. The summed E-state index contributed by atoms with van der Waals surface area (Å²) < 4.78 is 10.4. The molecule has 5 nitrogen and oxygen atoms in total. The normalized spacial score (nSPS) is 10.7. The number of hydrogen-bond donors (Lipinski definition) is 1. The molecule has 2 aromatic heterocycles. The van der Waals surface area contributed by atoms with E-state index in [0.29, 0.717) is 12.3 Å². The van der Waals surface area contributed by atoms with Crippen LogP contribution in [0.3, 0.4) is 0 Å². The highest BCUT2D eigenvalue weighted by atomic mass is 16.5. The molecule has 0 bridgehead atoms. The van der Waals surface area contributed by atoms with Crippen LogP contribution in [0.15, 0.2) is 47.1 Å². The zero-order valence-corrected chi connectivity index (χ0v) is 9.54. The van der Waals surface area contributed by atoms with Gasteiger partial charge in [-0.15, -0.1) is 0 Å². The molecule has 0 aliphatic carbocycles. The molecule has 1 aromatic carbocycles. The molecule has 0 radical (unpaired) electrons. The summed E-state index contributed by atoms with van der Waals surface area (Å²) in [5, 5.41) is 4.79. The van der Waals surface area contributed by atoms with E-state index < -0.39 is 0 Å². The van der Waals surface area contributed by atoms with Crippen molar-refractivity contribution in [3.8, 4) is 5.75 Å². The molecule has 0 amide bonds. The van der Waals surface area contributed by atoms with Gasteiger partial charge in [0.25, 0.3) is 0 Å². The molecule has 0 aliphatic rings. The van der Waals surface area contributed by atoms with E-state index in [1.807, 2.05) is 30.3 Å². The van der Waals surface area contributed by atoms with Crippen LogP contribution in [0.5, 0.6) is 5.75 Å². The zero-order valence-electron chi connectivity index (χ0n) is 9.54. The minimum Gasteiger partial charge on any atom is -0.487 e. The van der Waals surface area contributed by atoms with Crippen molar-refractivity contribution in [3.63, 3.8) is 0 Å². The fourth-order valence-corrected chi connectivity index (χ4v) is 1.70. The molecule has 0 fully saturated rings. The van der Waals surface area contributed by atoms with Gasteiger partial charge in [0.05, 0.1) is 5.52 Å². The van der Waals surface area contributed by atoms with E-state index in [4.69, 9.17) is 15.0 Å². The van der Waals surface area contributed by atoms with Gasteiger partial charge in [-0.1, -0.05) is 11.2 Å². The van der Waals surface area contributed by atoms with E-state index in [9.17, 15) is 0 Å². The second-order valence-corrected chi connectivity index (χ2v) is 3.87. The van der Waals surface area contributed by atoms with Gasteiger partial charge in [0.1, 0.15) is 18.1 Å². The predicted octanol–water partition coefficient (Wildman–Crippen LogP) is 2.38. The number of aromatic nitrogens is 2. The summed E-state index contributed by atoms with van der Waals surface area (Å²) in [6, 6.07) is 11.3. The molecule has 0 unspecified atom stereocenters. The third kappa shape index (κ3) is 2.10. The van der Waals surface area contributed by atoms with E-state index in [1.165, 1.54) is 0 Å². The van der Waals surface area contributed by atoms with Crippen molar-refractivity contribution in [3.05, 3.63) is 48.3 Å². The minimum atomic E-state index is 0.288. The average Bonchev–Trinajstić information content (AvgIpc) is 2.82. The molecule has 3 rings (SSSR count). The number of nitrogens with zero attached hydrogens (tertiary/aromatic N) is 2. The quantitative estimate of drug-likeness (QED) is 0.762. The molecule has 2 N–H and O–H groups in total. The van der Waals surface area contributed by atoms with E-state index in [0.717, 1.165) is 16.7 Å². The average molecular weight is 241 g/mol. The summed E-state index contributed by atoms with van der Waals surface area (Å²) in [5.41, 5.74) is 7.03. The van der Waals surface area contributed by atoms with Crippen LogP contribution in [0, 0.1) is 0 Å². The fourth-order valence-electron chi connectivity index (χ4n) is 1.70. The van der Waals surface area contributed by atoms with Gasteiger partial charge in [0.2, 0.25) is 5.88 Å². The Labute approximate surface area is 103 Å². The fraction of sp³-hybridized carbons (Fsp3) is 0.0769. The number of pyridine rings is 1. The summed E-state index contributed by atoms with van der Waals surface area (Å²) in [6.07, 6.45) is 1.76. The maximum Gasteiger partial charge on any atom is 0.222 e. The van der Waals surface area contributed by atoms with E-state index in [-0.39, 0.29) is 5.88 Å². The monoisotopic (exact) mass is 241 g/mol.